The van der Waals surface area contributed by atoms with Gasteiger partial charge in [0.15, 0.2) is 12.4 Å². The number of phosphoric ester groups is 2. The predicted molar refractivity (Wildman–Crippen MR) is 245 cm³/mol. The van der Waals surface area contributed by atoms with Gasteiger partial charge in [-0.1, -0.05) is 134 Å². The van der Waals surface area contributed by atoms with Crippen molar-refractivity contribution in [2.24, 2.45) is 5.92 Å². The van der Waals surface area contributed by atoms with Crippen molar-refractivity contribution in [3.8, 4) is 0 Å². The monoisotopic (exact) mass is 1000 g/mol. The van der Waals surface area contributed by atoms with E-state index in [4.69, 9.17) is 27.8 Å². The lowest BCUT2D eigenvalue weighted by Gasteiger charge is -2.41. The maximum absolute atomic E-state index is 13.8. The Hall–Kier alpha value is -1.68. The molecule has 2 rings (SSSR count). The van der Waals surface area contributed by atoms with E-state index in [1.165, 1.54) is 51.0 Å². The van der Waals surface area contributed by atoms with Gasteiger partial charge in [0.2, 0.25) is 0 Å². The number of carbonyl (C=O) groups excluding carboxylic acids is 2. The molecule has 0 saturated carbocycles. The average molecular weight is 1010 g/mol. The van der Waals surface area contributed by atoms with Crippen molar-refractivity contribution in [2.45, 2.75) is 229 Å². The molecule has 0 aromatic heterocycles. The van der Waals surface area contributed by atoms with Crippen LogP contribution in [-0.2, 0) is 46.5 Å². The summed E-state index contributed by atoms with van der Waals surface area (Å²) < 4.78 is 57.8. The van der Waals surface area contributed by atoms with Crippen LogP contribution in [0.3, 0.4) is 0 Å². The van der Waals surface area contributed by atoms with Gasteiger partial charge in [-0.3, -0.25) is 23.2 Å². The molecule has 20 nitrogen and oxygen atoms in total. The molecular weight excluding hydrogens is 922 g/mol. The zero-order valence-corrected chi connectivity index (χ0v) is 41.2. The lowest BCUT2D eigenvalue weighted by Crippen LogP contribution is -2.58. The summed E-state index contributed by atoms with van der Waals surface area (Å²) in [6, 6.07) is 0. The molecule has 2 aliphatic heterocycles. The van der Waals surface area contributed by atoms with Crippen molar-refractivity contribution < 1.29 is 96.9 Å². The van der Waals surface area contributed by atoms with Gasteiger partial charge in [0.05, 0.1) is 24.9 Å². The third kappa shape index (κ3) is 26.4. The van der Waals surface area contributed by atoms with Gasteiger partial charge >= 0.3 is 27.6 Å². The van der Waals surface area contributed by atoms with Crippen molar-refractivity contribution in [2.75, 3.05) is 13.2 Å². The number of aliphatic hydroxyl groups is 7. The second-order valence-corrected chi connectivity index (χ2v) is 20.3. The molecule has 2 unspecified atom stereocenters. The number of allylic oxidation sites excluding steroid dienone is 2. The SMILES string of the molecule is CCCCCCCCCCCCCCCC(=O)O[C@@H]1COC(=O)CCCC=CC[C@@H]2[C@@H](O)[C@H](O)[C@@H](O)[C@H](OP(=O)(O)OC1)[C@H](OP(=O)(O)O)[C@H](O)[C@@H](/C=C/[C@@H](O)CCCCC)OC(O)C[C@@H]2O. The summed E-state index contributed by atoms with van der Waals surface area (Å²) in [7, 11) is -11.5. The molecule has 1 fully saturated rings. The zero-order chi connectivity index (χ0) is 49.8. The molecule has 0 aromatic rings. The summed E-state index contributed by atoms with van der Waals surface area (Å²) in [6.07, 6.45) is -2.23. The lowest BCUT2D eigenvalue weighted by atomic mass is 9.83. The predicted octanol–water partition coefficient (Wildman–Crippen LogP) is 5.06. The summed E-state index contributed by atoms with van der Waals surface area (Å²) in [5, 5.41) is 79.0. The van der Waals surface area contributed by atoms with Crippen molar-refractivity contribution >= 4 is 27.6 Å². The van der Waals surface area contributed by atoms with E-state index in [2.05, 4.69) is 6.92 Å². The van der Waals surface area contributed by atoms with Crippen LogP contribution in [0.1, 0.15) is 162 Å². The number of rotatable bonds is 23. The number of ether oxygens (including phenoxy) is 3. The van der Waals surface area contributed by atoms with Crippen LogP contribution in [-0.4, -0.2) is 143 Å². The van der Waals surface area contributed by atoms with Crippen LogP contribution in [0.5, 0.6) is 0 Å². The van der Waals surface area contributed by atoms with Crippen LogP contribution in [0.4, 0.5) is 0 Å². The minimum Gasteiger partial charge on any atom is -0.462 e. The van der Waals surface area contributed by atoms with E-state index in [9.17, 15) is 69.1 Å². The molecule has 1 saturated heterocycles. The molecule has 10 N–H and O–H groups in total. The van der Waals surface area contributed by atoms with Gasteiger partial charge in [0, 0.05) is 25.2 Å². The Balaban J connectivity index is 2.42. The normalized spacial score (nSPS) is 31.9. The topological polar surface area (TPSA) is 326 Å². The van der Waals surface area contributed by atoms with Crippen LogP contribution in [0.2, 0.25) is 0 Å². The fourth-order valence-electron chi connectivity index (χ4n) is 7.95. The van der Waals surface area contributed by atoms with E-state index in [1.54, 1.807) is 6.08 Å². The van der Waals surface area contributed by atoms with Crippen molar-refractivity contribution in [3.05, 3.63) is 24.3 Å². The molecule has 0 aromatic carbocycles. The molecule has 2 bridgehead atoms. The number of esters is 2. The van der Waals surface area contributed by atoms with E-state index < -0.39 is 120 Å². The van der Waals surface area contributed by atoms with Gasteiger partial charge in [-0.25, -0.2) is 9.13 Å². The summed E-state index contributed by atoms with van der Waals surface area (Å²) in [6.45, 7) is 2.52. The number of phosphoric acid groups is 2. The lowest BCUT2D eigenvalue weighted by molar-refractivity contribution is -0.210. The van der Waals surface area contributed by atoms with Crippen molar-refractivity contribution in [1.29, 1.82) is 0 Å². The second kappa shape index (κ2) is 33.8. The Morgan fingerprint density at radius 1 is 0.836 bits per heavy atom. The molecule has 392 valence electrons. The fraction of sp³-hybridized carbons (Fsp3) is 0.867. The van der Waals surface area contributed by atoms with Crippen LogP contribution < -0.4 is 0 Å². The number of fused-ring (bicyclic) bond motifs is 4. The first-order valence-electron chi connectivity index (χ1n) is 24.3. The third-order valence-electron chi connectivity index (χ3n) is 11.8. The molecule has 0 radical (unpaired) electrons. The van der Waals surface area contributed by atoms with Gasteiger partial charge < -0.3 is 64.6 Å². The molecule has 0 aliphatic carbocycles. The van der Waals surface area contributed by atoms with Gasteiger partial charge in [-0.15, -0.1) is 0 Å². The highest BCUT2D eigenvalue weighted by atomic mass is 31.2. The molecule has 22 heteroatoms. The van der Waals surface area contributed by atoms with E-state index in [-0.39, 0.29) is 38.5 Å². The highest BCUT2D eigenvalue weighted by molar-refractivity contribution is 7.47. The van der Waals surface area contributed by atoms with Crippen molar-refractivity contribution in [3.63, 3.8) is 0 Å². The summed E-state index contributed by atoms with van der Waals surface area (Å²) in [4.78, 5) is 56.7. The summed E-state index contributed by atoms with van der Waals surface area (Å²) in [5.74, 6) is -2.87. The summed E-state index contributed by atoms with van der Waals surface area (Å²) in [5.41, 5.74) is 0. The number of aliphatic hydroxyl groups excluding tert-OH is 7. The maximum Gasteiger partial charge on any atom is 0.472 e. The Morgan fingerprint density at radius 3 is 2.04 bits per heavy atom. The Labute approximate surface area is 395 Å². The minimum absolute atomic E-state index is 0.0343. The molecule has 0 spiro atoms. The Morgan fingerprint density at radius 2 is 1.43 bits per heavy atom. The van der Waals surface area contributed by atoms with Crippen LogP contribution in [0.25, 0.3) is 0 Å². The van der Waals surface area contributed by atoms with Gasteiger partial charge in [0.1, 0.15) is 43.2 Å². The highest BCUT2D eigenvalue weighted by Gasteiger charge is 2.50. The van der Waals surface area contributed by atoms with Crippen molar-refractivity contribution in [1.82, 2.24) is 0 Å². The molecule has 67 heavy (non-hydrogen) atoms. The van der Waals surface area contributed by atoms with Crippen LogP contribution in [0.15, 0.2) is 24.3 Å². The number of cyclic esters (lactones) is 1. The van der Waals surface area contributed by atoms with Crippen LogP contribution in [0, 0.1) is 5.92 Å². The summed E-state index contributed by atoms with van der Waals surface area (Å²) >= 11 is 0. The van der Waals surface area contributed by atoms with E-state index in [0.29, 0.717) is 12.8 Å². The third-order valence-corrected chi connectivity index (χ3v) is 13.3. The molecule has 2 heterocycles. The standard InChI is InChI=1S/C45H82O20P2/c1-3-5-7-8-9-10-11-12-13-14-15-16-22-26-38(49)62-33-30-60-37(48)25-21-18-17-20-24-34-35(47)29-39(50)63-36(28-27-32(46)23-19-6-4-2)41(52)44(64-66(55,56)57)45(43(54)42(53)40(34)51)65-67(58,59)61-31-33/h17,20,27-28,32-36,39-47,50-54H,3-16,18-19,21-26,29-31H2,1-2H3,(H,58,59)(H2,55,56,57)/b20-17?,28-27+/t32-,33+,34-,35-,36+,39?,40+,41+,42-,43+,44+,45-/m0/s1. The fourth-order valence-corrected chi connectivity index (χ4v) is 9.48. The molecular formula is C45H82O20P2. The van der Waals surface area contributed by atoms with Crippen LogP contribution >= 0.6 is 15.6 Å². The largest absolute Gasteiger partial charge is 0.472 e. The first kappa shape index (κ1) is 61.4. The van der Waals surface area contributed by atoms with Gasteiger partial charge in [-0.05, 0) is 32.1 Å². The van der Waals surface area contributed by atoms with E-state index >= 15 is 0 Å². The number of hydrogen-bond acceptors (Lipinski definition) is 17. The first-order valence-corrected chi connectivity index (χ1v) is 27.3. The number of unbranched alkanes of at least 4 members (excludes halogenated alkanes) is 14. The van der Waals surface area contributed by atoms with E-state index in [0.717, 1.165) is 57.1 Å². The quantitative estimate of drug-likeness (QED) is 0.0277. The molecule has 2 aliphatic rings. The second-order valence-electron chi connectivity index (χ2n) is 17.7. The molecule has 0 amide bonds. The van der Waals surface area contributed by atoms with Gasteiger partial charge in [-0.2, -0.15) is 0 Å². The highest BCUT2D eigenvalue weighted by Crippen LogP contribution is 2.49. The Bertz CT molecular complexity index is 1510. The molecule has 13 atom stereocenters. The average Bonchev–Trinajstić information content (AvgIpc) is 3.26. The van der Waals surface area contributed by atoms with Gasteiger partial charge in [0.25, 0.3) is 0 Å². The number of carbonyl (C=O) groups is 2. The number of hydrogen-bond donors (Lipinski definition) is 10. The first-order chi connectivity index (χ1) is 31.8. The maximum atomic E-state index is 13.8. The zero-order valence-electron chi connectivity index (χ0n) is 39.4. The Kier molecular flexibility index (Phi) is 31.0. The smallest absolute Gasteiger partial charge is 0.462 e. The van der Waals surface area contributed by atoms with E-state index in [1.807, 2.05) is 6.92 Å². The minimum atomic E-state index is -5.79.